The highest BCUT2D eigenvalue weighted by Crippen LogP contribution is 2.37. The molecular formula is C32H45N3O11. The molecule has 14 nitrogen and oxygen atoms in total. The Labute approximate surface area is 269 Å². The number of hydrogen-bond donors (Lipinski definition) is 2. The minimum absolute atomic E-state index is 0.0652. The first-order valence-electron chi connectivity index (χ1n) is 15.5. The lowest BCUT2D eigenvalue weighted by Crippen LogP contribution is -2.56. The first-order valence-corrected chi connectivity index (χ1v) is 15.5. The van der Waals surface area contributed by atoms with Gasteiger partial charge in [0.2, 0.25) is 0 Å². The molecule has 2 aromatic rings. The van der Waals surface area contributed by atoms with Gasteiger partial charge in [-0.2, -0.15) is 0 Å². The highest BCUT2D eigenvalue weighted by Gasteiger charge is 2.44. The van der Waals surface area contributed by atoms with E-state index in [4.69, 9.17) is 38.8 Å². The first kappa shape index (κ1) is 35.2. The SMILES string of the molecule is CCOC(=O)C1CC(c2ccc(OC)cc2)C(OCc2ccc3c(c2)N(CCCOC)CCO3)CN1C(=O)OCCCON(O)O. The molecule has 2 aliphatic heterocycles. The molecule has 0 aliphatic carbocycles. The fourth-order valence-electron chi connectivity index (χ4n) is 5.69. The van der Waals surface area contributed by atoms with Crippen molar-refractivity contribution in [1.29, 1.82) is 0 Å². The maximum absolute atomic E-state index is 13.3. The number of anilines is 1. The van der Waals surface area contributed by atoms with E-state index < -0.39 is 29.6 Å². The molecular weight excluding hydrogens is 602 g/mol. The Bertz CT molecular complexity index is 1250. The van der Waals surface area contributed by atoms with Gasteiger partial charge in [-0.1, -0.05) is 18.2 Å². The Morgan fingerprint density at radius 3 is 2.54 bits per heavy atom. The van der Waals surface area contributed by atoms with E-state index in [-0.39, 0.29) is 51.7 Å². The number of piperidine rings is 1. The molecule has 2 aliphatic rings. The lowest BCUT2D eigenvalue weighted by Gasteiger charge is -2.42. The van der Waals surface area contributed by atoms with Gasteiger partial charge in [0.25, 0.3) is 0 Å². The normalized spacial score (nSPS) is 19.4. The molecule has 3 unspecified atom stereocenters. The summed E-state index contributed by atoms with van der Waals surface area (Å²) in [6, 6.07) is 12.7. The summed E-state index contributed by atoms with van der Waals surface area (Å²) in [4.78, 5) is 34.6. The van der Waals surface area contributed by atoms with Crippen LogP contribution in [0.2, 0.25) is 0 Å². The molecule has 0 bridgehead atoms. The van der Waals surface area contributed by atoms with E-state index in [2.05, 4.69) is 15.8 Å². The summed E-state index contributed by atoms with van der Waals surface area (Å²) in [6.45, 7) is 4.96. The third-order valence-electron chi connectivity index (χ3n) is 7.96. The van der Waals surface area contributed by atoms with Crippen molar-refractivity contribution in [3.05, 3.63) is 53.6 Å². The minimum atomic E-state index is -0.900. The molecule has 0 radical (unpaired) electrons. The molecule has 1 amide bonds. The summed E-state index contributed by atoms with van der Waals surface area (Å²) in [5.41, 5.74) is 2.88. The largest absolute Gasteiger partial charge is 0.497 e. The van der Waals surface area contributed by atoms with E-state index in [1.54, 1.807) is 21.1 Å². The molecule has 46 heavy (non-hydrogen) atoms. The molecule has 254 valence electrons. The van der Waals surface area contributed by atoms with Gasteiger partial charge in [0.05, 0.1) is 63.8 Å². The topological polar surface area (TPSA) is 149 Å². The van der Waals surface area contributed by atoms with Crippen molar-refractivity contribution in [2.24, 2.45) is 0 Å². The van der Waals surface area contributed by atoms with Crippen LogP contribution in [0.3, 0.4) is 0 Å². The standard InChI is InChI=1S/C32H45N3O11/c1-4-42-31(36)28-20-26(24-8-10-25(41-3)11-9-24)30(21-34(28)32(37)44-16-6-17-46-35(38)39)45-22-23-7-12-29-27(19-23)33(14-18-43-29)13-5-15-40-2/h7-12,19,26,28,30,38-39H,4-6,13-18,20-22H2,1-3H3. The number of rotatable bonds is 16. The van der Waals surface area contributed by atoms with Crippen molar-refractivity contribution in [2.75, 3.05) is 71.8 Å². The number of amides is 1. The number of carbonyl (C=O) groups is 2. The maximum Gasteiger partial charge on any atom is 0.410 e. The third kappa shape index (κ3) is 9.67. The zero-order valence-corrected chi connectivity index (χ0v) is 26.7. The molecule has 1 fully saturated rings. The molecule has 4 rings (SSSR count). The quantitative estimate of drug-likeness (QED) is 0.155. The Morgan fingerprint density at radius 2 is 1.83 bits per heavy atom. The predicted octanol–water partition coefficient (Wildman–Crippen LogP) is 3.78. The van der Waals surface area contributed by atoms with Gasteiger partial charge < -0.3 is 33.3 Å². The predicted molar refractivity (Wildman–Crippen MR) is 164 cm³/mol. The van der Waals surface area contributed by atoms with Crippen molar-refractivity contribution in [3.8, 4) is 11.5 Å². The molecule has 0 saturated carbocycles. The third-order valence-corrected chi connectivity index (χ3v) is 7.96. The highest BCUT2D eigenvalue weighted by atomic mass is 17.1. The Morgan fingerprint density at radius 1 is 1.02 bits per heavy atom. The average Bonchev–Trinajstić information content (AvgIpc) is 3.07. The maximum atomic E-state index is 13.3. The van der Waals surface area contributed by atoms with Crippen molar-refractivity contribution in [2.45, 2.75) is 50.9 Å². The molecule has 14 heteroatoms. The van der Waals surface area contributed by atoms with Crippen LogP contribution >= 0.6 is 0 Å². The van der Waals surface area contributed by atoms with Crippen LogP contribution in [-0.4, -0.2) is 112 Å². The van der Waals surface area contributed by atoms with Crippen LogP contribution in [0, 0.1) is 0 Å². The number of fused-ring (bicyclic) bond motifs is 1. The fraction of sp³-hybridized carbons (Fsp3) is 0.562. The summed E-state index contributed by atoms with van der Waals surface area (Å²) < 4.78 is 33.8. The number of carbonyl (C=O) groups excluding carboxylic acids is 2. The van der Waals surface area contributed by atoms with Crippen molar-refractivity contribution >= 4 is 17.7 Å². The summed E-state index contributed by atoms with van der Waals surface area (Å²) in [6.07, 6.45) is 0.146. The smallest absolute Gasteiger partial charge is 0.410 e. The fourth-order valence-corrected chi connectivity index (χ4v) is 5.69. The van der Waals surface area contributed by atoms with Crippen molar-refractivity contribution < 1.29 is 53.3 Å². The van der Waals surface area contributed by atoms with Gasteiger partial charge in [-0.25, -0.2) is 9.59 Å². The zero-order valence-electron chi connectivity index (χ0n) is 26.7. The second-order valence-corrected chi connectivity index (χ2v) is 10.9. The number of methoxy groups -OCH3 is 2. The summed E-state index contributed by atoms with van der Waals surface area (Å²) >= 11 is 0. The van der Waals surface area contributed by atoms with Gasteiger partial charge in [0, 0.05) is 32.6 Å². The minimum Gasteiger partial charge on any atom is -0.497 e. The first-order chi connectivity index (χ1) is 22.3. The van der Waals surface area contributed by atoms with Crippen LogP contribution in [-0.2, 0) is 35.2 Å². The van der Waals surface area contributed by atoms with Gasteiger partial charge in [-0.05, 0) is 55.2 Å². The van der Waals surface area contributed by atoms with E-state index in [1.807, 2.05) is 36.4 Å². The summed E-state index contributed by atoms with van der Waals surface area (Å²) in [5, 5.41) is 17.0. The Hall–Kier alpha value is -3.66. The van der Waals surface area contributed by atoms with Crippen molar-refractivity contribution in [1.82, 2.24) is 10.3 Å². The number of hydrogen-bond acceptors (Lipinski definition) is 13. The molecule has 0 spiro atoms. The summed E-state index contributed by atoms with van der Waals surface area (Å²) in [5.74, 6) is 0.747. The van der Waals surface area contributed by atoms with Crippen molar-refractivity contribution in [3.63, 3.8) is 0 Å². The zero-order chi connectivity index (χ0) is 32.9. The van der Waals surface area contributed by atoms with Crippen LogP contribution in [0.15, 0.2) is 42.5 Å². The highest BCUT2D eigenvalue weighted by molar-refractivity contribution is 5.82. The lowest BCUT2D eigenvalue weighted by atomic mass is 9.83. The van der Waals surface area contributed by atoms with Gasteiger partial charge in [0.1, 0.15) is 24.1 Å². The number of likely N-dealkylation sites (tertiary alicyclic amines) is 1. The second-order valence-electron chi connectivity index (χ2n) is 10.9. The Balaban J connectivity index is 1.54. The molecule has 2 aromatic carbocycles. The summed E-state index contributed by atoms with van der Waals surface area (Å²) in [7, 11) is 3.29. The Kier molecular flexibility index (Phi) is 13.7. The van der Waals surface area contributed by atoms with E-state index in [9.17, 15) is 9.59 Å². The van der Waals surface area contributed by atoms with Crippen LogP contribution < -0.4 is 14.4 Å². The second kappa shape index (κ2) is 17.9. The number of benzene rings is 2. The molecule has 0 aromatic heterocycles. The van der Waals surface area contributed by atoms with Crippen LogP contribution in [0.4, 0.5) is 10.5 Å². The number of esters is 1. The average molecular weight is 648 g/mol. The van der Waals surface area contributed by atoms with Gasteiger partial charge in [-0.15, -0.1) is 0 Å². The molecule has 3 atom stereocenters. The van der Waals surface area contributed by atoms with E-state index in [0.29, 0.717) is 19.0 Å². The van der Waals surface area contributed by atoms with Crippen LogP contribution in [0.1, 0.15) is 43.2 Å². The number of ether oxygens (including phenoxy) is 6. The van der Waals surface area contributed by atoms with Gasteiger partial charge >= 0.3 is 12.1 Å². The molecule has 2 heterocycles. The van der Waals surface area contributed by atoms with E-state index >= 15 is 0 Å². The molecule has 1 saturated heterocycles. The van der Waals surface area contributed by atoms with E-state index in [1.165, 1.54) is 4.90 Å². The van der Waals surface area contributed by atoms with Crippen LogP contribution in [0.5, 0.6) is 11.5 Å². The van der Waals surface area contributed by atoms with Crippen LogP contribution in [0.25, 0.3) is 0 Å². The van der Waals surface area contributed by atoms with Gasteiger partial charge in [0.15, 0.2) is 0 Å². The number of nitrogens with zero attached hydrogens (tertiary/aromatic N) is 3. The van der Waals surface area contributed by atoms with E-state index in [0.717, 1.165) is 42.1 Å². The van der Waals surface area contributed by atoms with Gasteiger partial charge in [-0.3, -0.25) is 20.2 Å². The lowest BCUT2D eigenvalue weighted by molar-refractivity contribution is -0.492. The molecule has 2 N–H and O–H groups in total. The monoisotopic (exact) mass is 647 g/mol.